The molecule has 0 spiro atoms. The first-order valence-corrected chi connectivity index (χ1v) is 4.45. The van der Waals surface area contributed by atoms with E-state index in [1.165, 1.54) is 12.4 Å². The molecule has 0 aliphatic rings. The van der Waals surface area contributed by atoms with Gasteiger partial charge >= 0.3 is 0 Å². The molecule has 0 aliphatic carbocycles. The first kappa shape index (κ1) is 11.1. The van der Waals surface area contributed by atoms with Crippen LogP contribution in [-0.4, -0.2) is 22.4 Å². The van der Waals surface area contributed by atoms with Gasteiger partial charge in [0.1, 0.15) is 0 Å². The molecule has 0 saturated heterocycles. The zero-order chi connectivity index (χ0) is 10.6. The zero-order valence-electron chi connectivity index (χ0n) is 7.60. The number of hydrogen-bond acceptors (Lipinski definition) is 3. The van der Waals surface area contributed by atoms with Crippen LogP contribution in [0.4, 0.5) is 14.6 Å². The molecule has 78 valence electrons. The Bertz CT molecular complexity index is 301. The molecule has 14 heavy (non-hydrogen) atoms. The summed E-state index contributed by atoms with van der Waals surface area (Å²) in [6.45, 7) is 0.981. The van der Waals surface area contributed by atoms with Crippen molar-refractivity contribution in [1.29, 1.82) is 0 Å². The summed E-state index contributed by atoms with van der Waals surface area (Å²) in [4.78, 5) is 7.59. The molecular weight excluding hydrogens is 212 g/mol. The highest BCUT2D eigenvalue weighted by Crippen LogP contribution is 2.18. The summed E-state index contributed by atoms with van der Waals surface area (Å²) in [6, 6.07) is 0. The lowest BCUT2D eigenvalue weighted by Gasteiger charge is -2.11. The normalized spacial score (nSPS) is 11.4. The van der Waals surface area contributed by atoms with Crippen LogP contribution in [0.15, 0.2) is 12.4 Å². The number of halogens is 3. The zero-order valence-corrected chi connectivity index (χ0v) is 8.35. The Labute approximate surface area is 85.5 Å². The average molecular weight is 222 g/mol. The largest absolute Gasteiger partial charge is 0.367 e. The van der Waals surface area contributed by atoms with Gasteiger partial charge < -0.3 is 5.32 Å². The molecule has 1 aromatic rings. The van der Waals surface area contributed by atoms with Crippen LogP contribution in [0.3, 0.4) is 0 Å². The summed E-state index contributed by atoms with van der Waals surface area (Å²) in [5.41, 5.74) is 0. The fraction of sp³-hybridized carbons (Fsp3) is 0.500. The number of anilines is 1. The summed E-state index contributed by atoms with van der Waals surface area (Å²) >= 11 is 5.65. The molecule has 3 nitrogen and oxygen atoms in total. The summed E-state index contributed by atoms with van der Waals surface area (Å²) in [5.74, 6) is -2.35. The number of nitrogens with zero attached hydrogens (tertiary/aromatic N) is 2. The van der Waals surface area contributed by atoms with Gasteiger partial charge in [0.15, 0.2) is 11.0 Å². The summed E-state index contributed by atoms with van der Waals surface area (Å²) in [7, 11) is 0. The van der Waals surface area contributed by atoms with Gasteiger partial charge in [-0.3, -0.25) is 0 Å². The predicted octanol–water partition coefficient (Wildman–Crippen LogP) is 2.59. The molecule has 0 unspecified atom stereocenters. The van der Waals surface area contributed by atoms with E-state index in [0.717, 1.165) is 6.92 Å². The maximum absolute atomic E-state index is 12.4. The number of rotatable bonds is 4. The molecule has 0 amide bonds. The van der Waals surface area contributed by atoms with Crippen molar-refractivity contribution in [3.8, 4) is 0 Å². The van der Waals surface area contributed by atoms with E-state index in [4.69, 9.17) is 11.6 Å². The molecule has 1 heterocycles. The fourth-order valence-corrected chi connectivity index (χ4v) is 1.01. The Morgan fingerprint density at radius 2 is 2.07 bits per heavy atom. The summed E-state index contributed by atoms with van der Waals surface area (Å²) in [5, 5.41) is 2.87. The van der Waals surface area contributed by atoms with Crippen molar-refractivity contribution < 1.29 is 8.78 Å². The topological polar surface area (TPSA) is 37.8 Å². The van der Waals surface area contributed by atoms with Crippen LogP contribution in [0.25, 0.3) is 0 Å². The lowest BCUT2D eigenvalue weighted by molar-refractivity contribution is 0.0167. The monoisotopic (exact) mass is 221 g/mol. The van der Waals surface area contributed by atoms with Crippen LogP contribution < -0.4 is 5.32 Å². The van der Waals surface area contributed by atoms with Crippen LogP contribution >= 0.6 is 11.6 Å². The fourth-order valence-electron chi connectivity index (χ4n) is 0.840. The summed E-state index contributed by atoms with van der Waals surface area (Å²) in [6.07, 6.45) is 2.61. The molecule has 0 fully saturated rings. The highest BCUT2D eigenvalue weighted by Gasteiger charge is 2.20. The van der Waals surface area contributed by atoms with E-state index < -0.39 is 5.92 Å². The van der Waals surface area contributed by atoms with Gasteiger partial charge in [-0.2, -0.15) is 0 Å². The number of nitrogens with one attached hydrogen (secondary N) is 1. The van der Waals surface area contributed by atoms with Crippen LogP contribution in [-0.2, 0) is 0 Å². The van der Waals surface area contributed by atoms with Gasteiger partial charge in [0.05, 0.1) is 0 Å². The third-order valence-electron chi connectivity index (χ3n) is 1.51. The molecule has 1 rings (SSSR count). The smallest absolute Gasteiger partial charge is 0.247 e. The highest BCUT2D eigenvalue weighted by molar-refractivity contribution is 6.31. The van der Waals surface area contributed by atoms with Gasteiger partial charge in [-0.25, -0.2) is 18.7 Å². The number of alkyl halides is 2. The summed E-state index contributed by atoms with van der Waals surface area (Å²) < 4.78 is 24.8. The SMILES string of the molecule is CC(F)(F)CCNc1nccnc1Cl. The average Bonchev–Trinajstić information content (AvgIpc) is 2.06. The Hall–Kier alpha value is -0.970. The van der Waals surface area contributed by atoms with Gasteiger partial charge in [-0.1, -0.05) is 11.6 Å². The van der Waals surface area contributed by atoms with Crippen molar-refractivity contribution in [3.63, 3.8) is 0 Å². The number of hydrogen-bond donors (Lipinski definition) is 1. The lowest BCUT2D eigenvalue weighted by Crippen LogP contribution is -2.16. The predicted molar refractivity (Wildman–Crippen MR) is 50.8 cm³/mol. The molecule has 1 N–H and O–H groups in total. The van der Waals surface area contributed by atoms with E-state index in [1.807, 2.05) is 0 Å². The maximum atomic E-state index is 12.4. The highest BCUT2D eigenvalue weighted by atomic mass is 35.5. The molecule has 0 aliphatic heterocycles. The van der Waals surface area contributed by atoms with Gasteiger partial charge in [-0.15, -0.1) is 0 Å². The molecule has 0 aromatic carbocycles. The lowest BCUT2D eigenvalue weighted by atomic mass is 10.3. The molecule has 0 saturated carbocycles. The minimum Gasteiger partial charge on any atom is -0.367 e. The standard InChI is InChI=1S/C8H10ClF2N3/c1-8(10,11)2-3-13-7-6(9)12-4-5-14-7/h4-5H,2-3H2,1H3,(H,13,14). The Morgan fingerprint density at radius 1 is 1.43 bits per heavy atom. The van der Waals surface area contributed by atoms with Crippen LogP contribution in [0, 0.1) is 0 Å². The van der Waals surface area contributed by atoms with Crippen molar-refractivity contribution >= 4 is 17.4 Å². The quantitative estimate of drug-likeness (QED) is 0.849. The minimum absolute atomic E-state index is 0.113. The first-order valence-electron chi connectivity index (χ1n) is 4.07. The third-order valence-corrected chi connectivity index (χ3v) is 1.79. The van der Waals surface area contributed by atoms with Crippen LogP contribution in [0.2, 0.25) is 5.15 Å². The van der Waals surface area contributed by atoms with Crippen molar-refractivity contribution in [2.75, 3.05) is 11.9 Å². The second-order valence-corrected chi connectivity index (χ2v) is 3.30. The van der Waals surface area contributed by atoms with E-state index in [1.54, 1.807) is 0 Å². The second-order valence-electron chi connectivity index (χ2n) is 2.94. The van der Waals surface area contributed by atoms with Crippen molar-refractivity contribution in [3.05, 3.63) is 17.5 Å². The molecule has 6 heteroatoms. The molecular formula is C8H10ClF2N3. The number of aromatic nitrogens is 2. The van der Waals surface area contributed by atoms with E-state index in [2.05, 4.69) is 15.3 Å². The minimum atomic E-state index is -2.68. The van der Waals surface area contributed by atoms with E-state index in [-0.39, 0.29) is 18.1 Å². The third kappa shape index (κ3) is 3.83. The van der Waals surface area contributed by atoms with E-state index >= 15 is 0 Å². The molecule has 1 aromatic heterocycles. The van der Waals surface area contributed by atoms with Crippen LogP contribution in [0.5, 0.6) is 0 Å². The Morgan fingerprint density at radius 3 is 2.64 bits per heavy atom. The van der Waals surface area contributed by atoms with Crippen molar-refractivity contribution in [1.82, 2.24) is 9.97 Å². The Kier molecular flexibility index (Phi) is 3.57. The molecule has 0 atom stereocenters. The van der Waals surface area contributed by atoms with Crippen molar-refractivity contribution in [2.24, 2.45) is 0 Å². The second kappa shape index (κ2) is 4.50. The van der Waals surface area contributed by atoms with Gasteiger partial charge in [0.25, 0.3) is 0 Å². The van der Waals surface area contributed by atoms with Gasteiger partial charge in [0, 0.05) is 25.4 Å². The van der Waals surface area contributed by atoms with E-state index in [9.17, 15) is 8.78 Å². The van der Waals surface area contributed by atoms with E-state index in [0.29, 0.717) is 5.82 Å². The van der Waals surface area contributed by atoms with Gasteiger partial charge in [-0.05, 0) is 6.92 Å². The first-order chi connectivity index (χ1) is 6.49. The molecule has 0 radical (unpaired) electrons. The molecule has 0 bridgehead atoms. The van der Waals surface area contributed by atoms with Crippen molar-refractivity contribution in [2.45, 2.75) is 19.3 Å². The van der Waals surface area contributed by atoms with Crippen LogP contribution in [0.1, 0.15) is 13.3 Å². The maximum Gasteiger partial charge on any atom is 0.247 e. The Balaban J connectivity index is 2.43. The van der Waals surface area contributed by atoms with Gasteiger partial charge in [0.2, 0.25) is 5.92 Å².